The SMILES string of the molecule is Cc1ncsc1-c1ccc(CNC(=O)[C@@]2(c3cc(OCCBr)no3)C[C@@H](O)CN2C(=O)CC(C)C)cc1. The number of halogens is 1. The molecule has 0 unspecified atom stereocenters. The van der Waals surface area contributed by atoms with Gasteiger partial charge in [-0.2, -0.15) is 0 Å². The number of nitrogens with one attached hydrogen (secondary N) is 1. The number of β-amino-alcohol motifs (C(OH)–C–C–N with tert-alkyl or cyclic N) is 1. The Hall–Kier alpha value is -2.76. The van der Waals surface area contributed by atoms with E-state index in [0.717, 1.165) is 21.7 Å². The number of carbonyl (C=O) groups is 2. The zero-order valence-electron chi connectivity index (χ0n) is 21.1. The number of benzene rings is 1. The largest absolute Gasteiger partial charge is 0.475 e. The van der Waals surface area contributed by atoms with Crippen LogP contribution >= 0.6 is 27.3 Å². The lowest BCUT2D eigenvalue weighted by Crippen LogP contribution is -2.55. The van der Waals surface area contributed by atoms with E-state index in [2.05, 4.69) is 31.4 Å². The summed E-state index contributed by atoms with van der Waals surface area (Å²) < 4.78 is 11.1. The molecule has 1 saturated heterocycles. The lowest BCUT2D eigenvalue weighted by atomic mass is 9.90. The molecule has 37 heavy (non-hydrogen) atoms. The number of rotatable bonds is 10. The van der Waals surface area contributed by atoms with E-state index in [1.54, 1.807) is 11.3 Å². The van der Waals surface area contributed by atoms with Gasteiger partial charge in [-0.25, -0.2) is 4.98 Å². The molecule has 0 radical (unpaired) electrons. The number of carbonyl (C=O) groups excluding carboxylic acids is 2. The van der Waals surface area contributed by atoms with Crippen LogP contribution in [0.25, 0.3) is 10.4 Å². The van der Waals surface area contributed by atoms with Gasteiger partial charge in [-0.15, -0.1) is 11.3 Å². The summed E-state index contributed by atoms with van der Waals surface area (Å²) in [7, 11) is 0. The van der Waals surface area contributed by atoms with E-state index < -0.39 is 17.6 Å². The molecule has 2 atom stereocenters. The van der Waals surface area contributed by atoms with Crippen molar-refractivity contribution in [1.29, 1.82) is 0 Å². The Labute approximate surface area is 228 Å². The molecule has 0 bridgehead atoms. The molecule has 9 nitrogen and oxygen atoms in total. The van der Waals surface area contributed by atoms with E-state index in [4.69, 9.17) is 9.26 Å². The van der Waals surface area contributed by atoms with Gasteiger partial charge in [-0.05, 0) is 29.1 Å². The third-order valence-corrected chi connectivity index (χ3v) is 7.58. The predicted octanol–water partition coefficient (Wildman–Crippen LogP) is 4.03. The van der Waals surface area contributed by atoms with Crippen molar-refractivity contribution in [2.75, 3.05) is 18.5 Å². The van der Waals surface area contributed by atoms with Crippen molar-refractivity contribution in [3.05, 3.63) is 52.9 Å². The first-order chi connectivity index (χ1) is 17.7. The van der Waals surface area contributed by atoms with Crippen LogP contribution in [0, 0.1) is 12.8 Å². The highest BCUT2D eigenvalue weighted by atomic mass is 79.9. The molecular weight excluding hydrogens is 560 g/mol. The van der Waals surface area contributed by atoms with Crippen molar-refractivity contribution in [2.24, 2.45) is 5.92 Å². The topological polar surface area (TPSA) is 118 Å². The van der Waals surface area contributed by atoms with Crippen LogP contribution in [0.1, 0.15) is 43.7 Å². The second kappa shape index (κ2) is 11.7. The Morgan fingerprint density at radius 2 is 2.11 bits per heavy atom. The van der Waals surface area contributed by atoms with Crippen LogP contribution in [0.5, 0.6) is 5.88 Å². The molecule has 4 rings (SSSR count). The highest BCUT2D eigenvalue weighted by Crippen LogP contribution is 2.41. The zero-order chi connectivity index (χ0) is 26.6. The van der Waals surface area contributed by atoms with E-state index in [9.17, 15) is 14.7 Å². The van der Waals surface area contributed by atoms with Gasteiger partial charge in [0.2, 0.25) is 5.91 Å². The molecule has 0 saturated carbocycles. The number of aliphatic hydroxyl groups is 1. The number of nitrogens with zero attached hydrogens (tertiary/aromatic N) is 3. The first-order valence-corrected chi connectivity index (χ1v) is 14.2. The Morgan fingerprint density at radius 1 is 1.35 bits per heavy atom. The average Bonchev–Trinajstić information content (AvgIpc) is 3.60. The maximum absolute atomic E-state index is 13.9. The average molecular weight is 592 g/mol. The lowest BCUT2D eigenvalue weighted by Gasteiger charge is -2.35. The van der Waals surface area contributed by atoms with Crippen LogP contribution in [0.2, 0.25) is 0 Å². The number of alkyl halides is 1. The summed E-state index contributed by atoms with van der Waals surface area (Å²) >= 11 is 4.88. The van der Waals surface area contributed by atoms with E-state index in [1.807, 2.05) is 50.5 Å². The molecule has 1 fully saturated rings. The predicted molar refractivity (Wildman–Crippen MR) is 143 cm³/mol. The fourth-order valence-electron chi connectivity index (χ4n) is 4.56. The molecule has 3 heterocycles. The molecule has 2 aromatic heterocycles. The maximum atomic E-state index is 13.9. The molecule has 198 valence electrons. The minimum atomic E-state index is -1.53. The number of thiazole rings is 1. The Kier molecular flexibility index (Phi) is 8.66. The molecule has 2 N–H and O–H groups in total. The molecule has 1 aliphatic heterocycles. The summed E-state index contributed by atoms with van der Waals surface area (Å²) in [5.74, 6) is -0.205. The van der Waals surface area contributed by atoms with Crippen LogP contribution in [0.4, 0.5) is 0 Å². The van der Waals surface area contributed by atoms with Gasteiger partial charge in [-0.1, -0.05) is 54.0 Å². The molecule has 1 aliphatic rings. The van der Waals surface area contributed by atoms with Crippen molar-refractivity contribution >= 4 is 39.1 Å². The second-order valence-corrected chi connectivity index (χ2v) is 11.2. The Morgan fingerprint density at radius 3 is 2.76 bits per heavy atom. The molecule has 0 spiro atoms. The van der Waals surface area contributed by atoms with Crippen LogP contribution in [0.15, 0.2) is 40.4 Å². The molecular formula is C26H31BrN4O5S. The smallest absolute Gasteiger partial charge is 0.254 e. The Balaban J connectivity index is 1.59. The summed E-state index contributed by atoms with van der Waals surface area (Å²) in [6.07, 6.45) is -0.651. The van der Waals surface area contributed by atoms with E-state index >= 15 is 0 Å². The van der Waals surface area contributed by atoms with Gasteiger partial charge in [0, 0.05) is 37.3 Å². The van der Waals surface area contributed by atoms with Crippen LogP contribution in [-0.4, -0.2) is 56.5 Å². The summed E-state index contributed by atoms with van der Waals surface area (Å²) in [4.78, 5) is 33.9. The first-order valence-electron chi connectivity index (χ1n) is 12.2. The van der Waals surface area contributed by atoms with Crippen molar-refractivity contribution in [2.45, 2.75) is 51.8 Å². The highest BCUT2D eigenvalue weighted by molar-refractivity contribution is 9.09. The van der Waals surface area contributed by atoms with Crippen LogP contribution in [0.3, 0.4) is 0 Å². The van der Waals surface area contributed by atoms with Gasteiger partial charge in [0.25, 0.3) is 11.8 Å². The van der Waals surface area contributed by atoms with Crippen LogP contribution in [-0.2, 0) is 21.7 Å². The standard InChI is InChI=1S/C26H31BrN4O5S/c1-16(2)10-23(33)31-14-20(32)12-26(31,21-11-22(30-36-21)35-9-8-27)25(34)28-13-18-4-6-19(7-5-18)24-17(3)29-15-37-24/h4-7,11,15-16,20,32H,8-10,12-14H2,1-3H3,(H,28,34)/t20-,26+/m1/s1. The van der Waals surface area contributed by atoms with E-state index in [1.165, 1.54) is 11.0 Å². The Bertz CT molecular complexity index is 1230. The molecule has 0 aliphatic carbocycles. The number of aliphatic hydroxyl groups excluding tert-OH is 1. The fraction of sp³-hybridized carbons (Fsp3) is 0.462. The van der Waals surface area contributed by atoms with Gasteiger partial charge >= 0.3 is 0 Å². The number of ether oxygens (including phenoxy) is 1. The van der Waals surface area contributed by atoms with Gasteiger partial charge in [0.1, 0.15) is 0 Å². The number of aromatic nitrogens is 2. The molecule has 1 aromatic carbocycles. The summed E-state index contributed by atoms with van der Waals surface area (Å²) in [6.45, 7) is 6.48. The van der Waals surface area contributed by atoms with E-state index in [0.29, 0.717) is 11.9 Å². The van der Waals surface area contributed by atoms with Crippen molar-refractivity contribution in [1.82, 2.24) is 20.4 Å². The van der Waals surface area contributed by atoms with Gasteiger partial charge < -0.3 is 24.6 Å². The molecule has 3 aromatic rings. The number of hydrogen-bond donors (Lipinski definition) is 2. The number of hydrogen-bond acceptors (Lipinski definition) is 8. The third-order valence-electron chi connectivity index (χ3n) is 6.28. The minimum Gasteiger partial charge on any atom is -0.475 e. The number of amides is 2. The van der Waals surface area contributed by atoms with Crippen LogP contribution < -0.4 is 10.1 Å². The highest BCUT2D eigenvalue weighted by Gasteiger charge is 2.57. The van der Waals surface area contributed by atoms with Gasteiger partial charge in [0.05, 0.1) is 28.8 Å². The first kappa shape index (κ1) is 27.3. The summed E-state index contributed by atoms with van der Waals surface area (Å²) in [6, 6.07) is 9.43. The monoisotopic (exact) mass is 590 g/mol. The van der Waals surface area contributed by atoms with Crippen molar-refractivity contribution < 1.29 is 24.0 Å². The van der Waals surface area contributed by atoms with Crippen molar-refractivity contribution in [3.8, 4) is 16.3 Å². The normalized spacial score (nSPS) is 19.4. The molecule has 2 amide bonds. The van der Waals surface area contributed by atoms with Gasteiger partial charge in [-0.3, -0.25) is 9.59 Å². The maximum Gasteiger partial charge on any atom is 0.254 e. The fourth-order valence-corrected chi connectivity index (χ4v) is 5.54. The zero-order valence-corrected chi connectivity index (χ0v) is 23.5. The summed E-state index contributed by atoms with van der Waals surface area (Å²) in [5, 5.41) is 18.1. The minimum absolute atomic E-state index is 0.000656. The van der Waals surface area contributed by atoms with E-state index in [-0.39, 0.29) is 49.4 Å². The van der Waals surface area contributed by atoms with Gasteiger partial charge in [0.15, 0.2) is 11.3 Å². The summed E-state index contributed by atoms with van der Waals surface area (Å²) in [5.41, 5.74) is 3.22. The number of aryl methyl sites for hydroxylation is 1. The lowest BCUT2D eigenvalue weighted by molar-refractivity contribution is -0.147. The quantitative estimate of drug-likeness (QED) is 0.342. The molecule has 11 heteroatoms. The second-order valence-electron chi connectivity index (χ2n) is 9.53. The van der Waals surface area contributed by atoms with Crippen molar-refractivity contribution in [3.63, 3.8) is 0 Å². The number of likely N-dealkylation sites (tertiary alicyclic amines) is 1. The third kappa shape index (κ3) is 5.89.